The molecule has 0 bridgehead atoms. The van der Waals surface area contributed by atoms with Crippen LogP contribution >= 0.6 is 0 Å². The molecule has 0 amide bonds. The van der Waals surface area contributed by atoms with Gasteiger partial charge in [0.1, 0.15) is 0 Å². The van der Waals surface area contributed by atoms with Crippen LogP contribution in [-0.4, -0.2) is 6.21 Å². The van der Waals surface area contributed by atoms with E-state index in [0.29, 0.717) is 0 Å². The molecular weight excluding hydrogens is 170 g/mol. The summed E-state index contributed by atoms with van der Waals surface area (Å²) in [6, 6.07) is 4.31. The monoisotopic (exact) mass is 185 g/mol. The lowest BCUT2D eigenvalue weighted by atomic mass is 9.93. The molecule has 0 N–H and O–H groups in total. The molecule has 0 aromatic heterocycles. The number of aryl methyl sites for hydroxylation is 1. The van der Waals surface area contributed by atoms with Crippen LogP contribution in [0.5, 0.6) is 0 Å². The standard InChI is InChI=1S/C13H15N/c1-4-11-9(2)5-6-12-10(3)7-8-14-13(11)12/h5-6,8H,3-4,7H2,1-2H3. The SMILES string of the molecule is C=C1CC=Nc2c1ccc(C)c2CC. The smallest absolute Gasteiger partial charge is 0.0735 e. The molecule has 14 heavy (non-hydrogen) atoms. The zero-order valence-corrected chi connectivity index (χ0v) is 8.80. The molecule has 0 unspecified atom stereocenters. The molecule has 1 nitrogen and oxygen atoms in total. The van der Waals surface area contributed by atoms with E-state index in [1.54, 1.807) is 0 Å². The Morgan fingerprint density at radius 3 is 2.93 bits per heavy atom. The lowest BCUT2D eigenvalue weighted by Gasteiger charge is -2.17. The Kier molecular flexibility index (Phi) is 2.24. The lowest BCUT2D eigenvalue weighted by Crippen LogP contribution is -1.97. The Morgan fingerprint density at radius 2 is 2.21 bits per heavy atom. The first-order valence-corrected chi connectivity index (χ1v) is 5.07. The van der Waals surface area contributed by atoms with Crippen LogP contribution in [0.2, 0.25) is 0 Å². The summed E-state index contributed by atoms with van der Waals surface area (Å²) in [6.07, 6.45) is 3.89. The normalized spacial score (nSPS) is 14.3. The van der Waals surface area contributed by atoms with Gasteiger partial charge in [-0.05, 0) is 30.0 Å². The average Bonchev–Trinajstić information content (AvgIpc) is 2.18. The van der Waals surface area contributed by atoms with Gasteiger partial charge in [-0.1, -0.05) is 25.6 Å². The minimum Gasteiger partial charge on any atom is -0.260 e. The van der Waals surface area contributed by atoms with Crippen molar-refractivity contribution in [3.63, 3.8) is 0 Å². The number of allylic oxidation sites excluding steroid dienone is 1. The summed E-state index contributed by atoms with van der Waals surface area (Å²) in [5.74, 6) is 0. The zero-order valence-electron chi connectivity index (χ0n) is 8.80. The van der Waals surface area contributed by atoms with Crippen LogP contribution in [-0.2, 0) is 6.42 Å². The molecule has 1 aromatic rings. The first-order chi connectivity index (χ1) is 6.74. The van der Waals surface area contributed by atoms with Crippen molar-refractivity contribution < 1.29 is 0 Å². The minimum atomic E-state index is 0.888. The van der Waals surface area contributed by atoms with Crippen LogP contribution < -0.4 is 0 Å². The van der Waals surface area contributed by atoms with Gasteiger partial charge in [0.15, 0.2) is 0 Å². The maximum Gasteiger partial charge on any atom is 0.0735 e. The molecule has 1 aliphatic heterocycles. The second-order valence-electron chi connectivity index (χ2n) is 3.73. The largest absolute Gasteiger partial charge is 0.260 e. The van der Waals surface area contributed by atoms with Crippen LogP contribution in [0.4, 0.5) is 5.69 Å². The molecule has 1 aromatic carbocycles. The Labute approximate surface area is 85.2 Å². The number of benzene rings is 1. The summed E-state index contributed by atoms with van der Waals surface area (Å²) >= 11 is 0. The number of hydrogen-bond donors (Lipinski definition) is 0. The molecule has 1 heterocycles. The van der Waals surface area contributed by atoms with Gasteiger partial charge in [-0.3, -0.25) is 4.99 Å². The van der Waals surface area contributed by atoms with Crippen molar-refractivity contribution in [2.24, 2.45) is 4.99 Å². The fraction of sp³-hybridized carbons (Fsp3) is 0.308. The summed E-state index contributed by atoms with van der Waals surface area (Å²) in [7, 11) is 0. The van der Waals surface area contributed by atoms with Crippen molar-refractivity contribution >= 4 is 17.5 Å². The highest BCUT2D eigenvalue weighted by Gasteiger charge is 2.13. The predicted molar refractivity (Wildman–Crippen MR) is 62.4 cm³/mol. The first-order valence-electron chi connectivity index (χ1n) is 5.07. The third kappa shape index (κ3) is 1.29. The van der Waals surface area contributed by atoms with E-state index in [9.17, 15) is 0 Å². The maximum atomic E-state index is 4.49. The molecule has 0 aliphatic carbocycles. The van der Waals surface area contributed by atoms with Gasteiger partial charge in [0.25, 0.3) is 0 Å². The minimum absolute atomic E-state index is 0.888. The van der Waals surface area contributed by atoms with Crippen molar-refractivity contribution in [1.29, 1.82) is 0 Å². The average molecular weight is 185 g/mol. The molecule has 0 radical (unpaired) electrons. The molecule has 2 rings (SSSR count). The topological polar surface area (TPSA) is 12.4 Å². The van der Waals surface area contributed by atoms with Gasteiger partial charge in [0.2, 0.25) is 0 Å². The van der Waals surface area contributed by atoms with E-state index >= 15 is 0 Å². The Balaban J connectivity index is 2.69. The van der Waals surface area contributed by atoms with Crippen molar-refractivity contribution in [2.75, 3.05) is 0 Å². The molecule has 0 fully saturated rings. The van der Waals surface area contributed by atoms with E-state index in [-0.39, 0.29) is 0 Å². The third-order valence-corrected chi connectivity index (χ3v) is 2.81. The second-order valence-corrected chi connectivity index (χ2v) is 3.73. The lowest BCUT2D eigenvalue weighted by molar-refractivity contribution is 1.10. The van der Waals surface area contributed by atoms with E-state index in [1.807, 2.05) is 6.21 Å². The van der Waals surface area contributed by atoms with Crippen LogP contribution in [0.3, 0.4) is 0 Å². The number of aliphatic imine (C=N–C) groups is 1. The van der Waals surface area contributed by atoms with E-state index in [1.165, 1.54) is 22.3 Å². The highest BCUT2D eigenvalue weighted by Crippen LogP contribution is 2.35. The summed E-state index contributed by atoms with van der Waals surface area (Å²) in [5, 5.41) is 0. The van der Waals surface area contributed by atoms with Gasteiger partial charge in [0.05, 0.1) is 5.69 Å². The number of nitrogens with zero attached hydrogens (tertiary/aromatic N) is 1. The molecular formula is C13H15N. The molecule has 72 valence electrons. The zero-order chi connectivity index (χ0) is 10.1. The summed E-state index contributed by atoms with van der Waals surface area (Å²) in [4.78, 5) is 4.49. The molecule has 0 saturated heterocycles. The Bertz CT molecular complexity index is 413. The van der Waals surface area contributed by atoms with Crippen molar-refractivity contribution in [1.82, 2.24) is 0 Å². The Hall–Kier alpha value is -1.37. The predicted octanol–water partition coefficient (Wildman–Crippen LogP) is 3.68. The second kappa shape index (κ2) is 3.41. The highest BCUT2D eigenvalue weighted by molar-refractivity contribution is 5.90. The molecule has 0 spiro atoms. The van der Waals surface area contributed by atoms with Gasteiger partial charge in [-0.2, -0.15) is 0 Å². The van der Waals surface area contributed by atoms with E-state index in [2.05, 4.69) is 37.6 Å². The number of rotatable bonds is 1. The van der Waals surface area contributed by atoms with Crippen LogP contribution in [0.15, 0.2) is 23.7 Å². The fourth-order valence-electron chi connectivity index (χ4n) is 1.97. The fourth-order valence-corrected chi connectivity index (χ4v) is 1.97. The van der Waals surface area contributed by atoms with Gasteiger partial charge in [-0.15, -0.1) is 0 Å². The molecule has 0 atom stereocenters. The quantitative estimate of drug-likeness (QED) is 0.633. The molecule has 0 saturated carbocycles. The first kappa shape index (κ1) is 9.20. The van der Waals surface area contributed by atoms with Crippen LogP contribution in [0.1, 0.15) is 30.0 Å². The van der Waals surface area contributed by atoms with E-state index in [4.69, 9.17) is 0 Å². The maximum absolute atomic E-state index is 4.49. The van der Waals surface area contributed by atoms with Crippen LogP contribution in [0, 0.1) is 6.92 Å². The molecule has 1 aliphatic rings. The van der Waals surface area contributed by atoms with Crippen molar-refractivity contribution in [2.45, 2.75) is 26.7 Å². The summed E-state index contributed by atoms with van der Waals surface area (Å²) in [5.41, 5.74) is 6.25. The van der Waals surface area contributed by atoms with E-state index in [0.717, 1.165) is 18.5 Å². The summed E-state index contributed by atoms with van der Waals surface area (Å²) in [6.45, 7) is 8.39. The van der Waals surface area contributed by atoms with E-state index < -0.39 is 0 Å². The van der Waals surface area contributed by atoms with Crippen LogP contribution in [0.25, 0.3) is 5.57 Å². The van der Waals surface area contributed by atoms with Gasteiger partial charge >= 0.3 is 0 Å². The highest BCUT2D eigenvalue weighted by atomic mass is 14.7. The third-order valence-electron chi connectivity index (χ3n) is 2.81. The number of hydrogen-bond acceptors (Lipinski definition) is 1. The van der Waals surface area contributed by atoms with Gasteiger partial charge in [0, 0.05) is 18.2 Å². The van der Waals surface area contributed by atoms with Crippen molar-refractivity contribution in [3.05, 3.63) is 35.4 Å². The van der Waals surface area contributed by atoms with Gasteiger partial charge < -0.3 is 0 Å². The van der Waals surface area contributed by atoms with Crippen molar-refractivity contribution in [3.8, 4) is 0 Å². The summed E-state index contributed by atoms with van der Waals surface area (Å²) < 4.78 is 0. The van der Waals surface area contributed by atoms with Gasteiger partial charge in [-0.25, -0.2) is 0 Å². The Morgan fingerprint density at radius 1 is 1.43 bits per heavy atom. The molecule has 1 heteroatoms. The number of fused-ring (bicyclic) bond motifs is 1.